The van der Waals surface area contributed by atoms with E-state index in [1.165, 1.54) is 180 Å². The second-order valence-corrected chi connectivity index (χ2v) is 22.2. The minimum absolute atomic E-state index is 0.141. The number of carbonyl (C=O) groups is 1. The summed E-state index contributed by atoms with van der Waals surface area (Å²) in [6.45, 7) is 3.75. The summed E-state index contributed by atoms with van der Waals surface area (Å²) in [5.41, 5.74) is 0. The first-order chi connectivity index (χ1) is 37.3. The Morgan fingerprint density at radius 2 is 0.816 bits per heavy atom. The highest BCUT2D eigenvalue weighted by atomic mass is 16.7. The molecule has 1 amide bonds. The van der Waals surface area contributed by atoms with Crippen LogP contribution in [0, 0.1) is 0 Å². The van der Waals surface area contributed by atoms with Crippen LogP contribution in [0.5, 0.6) is 0 Å². The largest absolute Gasteiger partial charge is 0.394 e. The predicted molar refractivity (Wildman–Crippen MR) is 322 cm³/mol. The summed E-state index contributed by atoms with van der Waals surface area (Å²) in [5.74, 6) is -0.148. The highest BCUT2D eigenvalue weighted by Crippen LogP contribution is 2.23. The van der Waals surface area contributed by atoms with Gasteiger partial charge in [0.05, 0.1) is 25.4 Å². The van der Waals surface area contributed by atoms with E-state index < -0.39 is 49.5 Å². The monoisotopic (exact) mass is 1070 g/mol. The second kappa shape index (κ2) is 55.9. The van der Waals surface area contributed by atoms with Crippen LogP contribution in [0.1, 0.15) is 290 Å². The molecule has 1 rings (SSSR count). The number of ether oxygens (including phenoxy) is 2. The minimum atomic E-state index is -1.56. The van der Waals surface area contributed by atoms with Crippen molar-refractivity contribution in [3.8, 4) is 0 Å². The minimum Gasteiger partial charge on any atom is -0.394 e. The van der Waals surface area contributed by atoms with Gasteiger partial charge in [0.15, 0.2) is 6.29 Å². The quantitative estimate of drug-likeness (QED) is 0.0261. The number of unbranched alkanes of at least 4 members (excludes halogenated alkanes) is 33. The van der Waals surface area contributed by atoms with Crippen LogP contribution in [0.3, 0.4) is 0 Å². The number of hydrogen-bond acceptors (Lipinski definition) is 8. The molecule has 9 heteroatoms. The average molecular weight is 1070 g/mol. The van der Waals surface area contributed by atoms with Gasteiger partial charge < -0.3 is 40.3 Å². The molecule has 1 heterocycles. The van der Waals surface area contributed by atoms with Crippen LogP contribution in [0.25, 0.3) is 0 Å². The first-order valence-corrected chi connectivity index (χ1v) is 32.1. The molecule has 1 saturated heterocycles. The van der Waals surface area contributed by atoms with Crippen molar-refractivity contribution in [1.82, 2.24) is 5.32 Å². The molecule has 0 saturated carbocycles. The van der Waals surface area contributed by atoms with Gasteiger partial charge in [0.1, 0.15) is 24.4 Å². The van der Waals surface area contributed by atoms with Crippen molar-refractivity contribution in [2.75, 3.05) is 13.2 Å². The van der Waals surface area contributed by atoms with Crippen molar-refractivity contribution in [3.63, 3.8) is 0 Å². The predicted octanol–water partition coefficient (Wildman–Crippen LogP) is 16.8. The van der Waals surface area contributed by atoms with Crippen LogP contribution in [0.4, 0.5) is 0 Å². The standard InChI is InChI=1S/C67H121NO8/c1-3-5-7-9-11-13-15-17-19-21-23-25-27-29-30-31-32-33-35-37-39-41-43-45-47-49-51-53-55-57-63(71)68-60(59-75-67-66(74)65(73)64(72)62(58-69)76-67)61(70)56-54-52-50-48-46-44-42-40-38-36-34-28-26-24-22-20-18-16-14-12-10-8-6-4-2/h5,7,11,13,17,19,23,25,29-30,32-33,60-62,64-67,69-70,72-74H,3-4,6,8-10,12,14-16,18,20-22,24,26-28,31,34-59H2,1-2H3,(H,68,71)/b7-5-,13-11-,19-17-,25-23-,30-29-,33-32-. The fourth-order valence-corrected chi connectivity index (χ4v) is 10.1. The van der Waals surface area contributed by atoms with Crippen LogP contribution < -0.4 is 5.32 Å². The van der Waals surface area contributed by atoms with Crippen molar-refractivity contribution in [1.29, 1.82) is 0 Å². The molecule has 76 heavy (non-hydrogen) atoms. The third-order valence-corrected chi connectivity index (χ3v) is 15.1. The highest BCUT2D eigenvalue weighted by Gasteiger charge is 2.44. The Kier molecular flexibility index (Phi) is 52.7. The fourth-order valence-electron chi connectivity index (χ4n) is 10.1. The van der Waals surface area contributed by atoms with E-state index in [1.54, 1.807) is 0 Å². The van der Waals surface area contributed by atoms with E-state index in [2.05, 4.69) is 92.1 Å². The number of rotatable bonds is 55. The van der Waals surface area contributed by atoms with Gasteiger partial charge in [-0.05, 0) is 64.2 Å². The molecule has 1 aliphatic heterocycles. The van der Waals surface area contributed by atoms with E-state index >= 15 is 0 Å². The van der Waals surface area contributed by atoms with E-state index in [9.17, 15) is 30.3 Å². The first kappa shape index (κ1) is 71.6. The highest BCUT2D eigenvalue weighted by molar-refractivity contribution is 5.76. The van der Waals surface area contributed by atoms with Gasteiger partial charge in [-0.1, -0.05) is 292 Å². The van der Waals surface area contributed by atoms with Crippen molar-refractivity contribution in [2.24, 2.45) is 0 Å². The fraction of sp³-hybridized carbons (Fsp3) is 0.806. The molecule has 6 N–H and O–H groups in total. The van der Waals surface area contributed by atoms with E-state index in [0.29, 0.717) is 12.8 Å². The molecule has 0 aromatic heterocycles. The second-order valence-electron chi connectivity index (χ2n) is 22.2. The smallest absolute Gasteiger partial charge is 0.220 e. The lowest BCUT2D eigenvalue weighted by atomic mass is 9.99. The average Bonchev–Trinajstić information content (AvgIpc) is 3.42. The molecule has 1 aliphatic rings. The molecule has 7 atom stereocenters. The Bertz CT molecular complexity index is 1420. The Morgan fingerprint density at radius 3 is 1.21 bits per heavy atom. The number of aliphatic hydroxyl groups is 5. The van der Waals surface area contributed by atoms with Gasteiger partial charge in [0.25, 0.3) is 0 Å². The van der Waals surface area contributed by atoms with E-state index in [1.807, 2.05) is 0 Å². The molecule has 7 unspecified atom stereocenters. The van der Waals surface area contributed by atoms with Gasteiger partial charge in [-0.15, -0.1) is 0 Å². The number of nitrogens with one attached hydrogen (secondary N) is 1. The molecule has 0 bridgehead atoms. The number of allylic oxidation sites excluding steroid dienone is 12. The molecule has 0 aromatic rings. The Labute approximate surface area is 468 Å². The Hall–Kier alpha value is -2.37. The normalized spacial score (nSPS) is 19.3. The molecule has 9 nitrogen and oxygen atoms in total. The van der Waals surface area contributed by atoms with Gasteiger partial charge >= 0.3 is 0 Å². The van der Waals surface area contributed by atoms with E-state index in [4.69, 9.17) is 9.47 Å². The van der Waals surface area contributed by atoms with Crippen LogP contribution in [-0.4, -0.2) is 87.5 Å². The molecule has 0 aliphatic carbocycles. The summed E-state index contributed by atoms with van der Waals surface area (Å²) in [4.78, 5) is 13.1. The van der Waals surface area contributed by atoms with Gasteiger partial charge in [-0.3, -0.25) is 4.79 Å². The number of amides is 1. The van der Waals surface area contributed by atoms with Gasteiger partial charge in [-0.25, -0.2) is 0 Å². The van der Waals surface area contributed by atoms with Crippen LogP contribution in [0.15, 0.2) is 72.9 Å². The zero-order valence-electron chi connectivity index (χ0n) is 49.3. The maximum Gasteiger partial charge on any atom is 0.220 e. The van der Waals surface area contributed by atoms with Crippen LogP contribution >= 0.6 is 0 Å². The molecule has 0 radical (unpaired) electrons. The third-order valence-electron chi connectivity index (χ3n) is 15.1. The first-order valence-electron chi connectivity index (χ1n) is 32.1. The van der Waals surface area contributed by atoms with E-state index in [-0.39, 0.29) is 12.5 Å². The van der Waals surface area contributed by atoms with Crippen molar-refractivity contribution >= 4 is 5.91 Å². The summed E-state index contributed by atoms with van der Waals surface area (Å²) in [6.07, 6.45) is 70.8. The van der Waals surface area contributed by atoms with Crippen LogP contribution in [0.2, 0.25) is 0 Å². The SMILES string of the molecule is CC/C=C\C/C=C\C/C=C\C/C=C\C/C=C\C/C=C\CCCCCCCCCCCCC(=O)NC(COC1OC(CO)C(O)C(O)C1O)C(O)CCCCCCCCCCCCCCCCCCCCCCCCCC. The summed E-state index contributed by atoms with van der Waals surface area (Å²) in [5, 5.41) is 54.9. The Morgan fingerprint density at radius 1 is 0.461 bits per heavy atom. The lowest BCUT2D eigenvalue weighted by molar-refractivity contribution is -0.302. The molecular weight excluding hydrogens is 947 g/mol. The lowest BCUT2D eigenvalue weighted by Gasteiger charge is -2.40. The van der Waals surface area contributed by atoms with Gasteiger partial charge in [-0.2, -0.15) is 0 Å². The van der Waals surface area contributed by atoms with Gasteiger partial charge in [0.2, 0.25) is 5.91 Å². The third kappa shape index (κ3) is 44.5. The molecular formula is C67H121NO8. The number of hydrogen-bond donors (Lipinski definition) is 6. The Balaban J connectivity index is 2.17. The number of aliphatic hydroxyl groups excluding tert-OH is 5. The topological polar surface area (TPSA) is 149 Å². The van der Waals surface area contributed by atoms with Crippen molar-refractivity contribution in [2.45, 2.75) is 333 Å². The maximum atomic E-state index is 13.1. The maximum absolute atomic E-state index is 13.1. The summed E-state index contributed by atoms with van der Waals surface area (Å²) < 4.78 is 11.3. The van der Waals surface area contributed by atoms with Crippen molar-refractivity contribution in [3.05, 3.63) is 72.9 Å². The van der Waals surface area contributed by atoms with Crippen molar-refractivity contribution < 1.29 is 39.8 Å². The molecule has 0 spiro atoms. The number of carbonyl (C=O) groups excluding carboxylic acids is 1. The summed E-state index contributed by atoms with van der Waals surface area (Å²) in [6, 6.07) is -0.727. The summed E-state index contributed by atoms with van der Waals surface area (Å²) >= 11 is 0. The van der Waals surface area contributed by atoms with E-state index in [0.717, 1.165) is 83.5 Å². The zero-order chi connectivity index (χ0) is 55.0. The zero-order valence-corrected chi connectivity index (χ0v) is 49.3. The molecule has 0 aromatic carbocycles. The summed E-state index contributed by atoms with van der Waals surface area (Å²) in [7, 11) is 0. The molecule has 442 valence electrons. The molecule has 1 fully saturated rings. The lowest BCUT2D eigenvalue weighted by Crippen LogP contribution is -2.60. The van der Waals surface area contributed by atoms with Crippen LogP contribution in [-0.2, 0) is 14.3 Å². The van der Waals surface area contributed by atoms with Gasteiger partial charge in [0, 0.05) is 6.42 Å².